The predicted molar refractivity (Wildman–Crippen MR) is 65.8 cm³/mol. The molecule has 1 aromatic heterocycles. The van der Waals surface area contributed by atoms with Crippen LogP contribution in [0.15, 0.2) is 18.3 Å². The van der Waals surface area contributed by atoms with Crippen molar-refractivity contribution < 1.29 is 0 Å². The Hall–Kier alpha value is -0.331. The van der Waals surface area contributed by atoms with Crippen molar-refractivity contribution in [2.24, 2.45) is 0 Å². The first-order chi connectivity index (χ1) is 7.23. The Morgan fingerprint density at radius 3 is 3.20 bits per heavy atom. The van der Waals surface area contributed by atoms with Crippen LogP contribution in [0.4, 0.5) is 0 Å². The van der Waals surface area contributed by atoms with Crippen LogP contribution in [0.2, 0.25) is 4.31 Å². The molecular weight excluding hydrogens is 249 g/mol. The van der Waals surface area contributed by atoms with Crippen LogP contribution in [-0.2, 0) is 6.42 Å². The summed E-state index contributed by atoms with van der Waals surface area (Å²) in [5.41, 5.74) is 1.51. The second-order valence-electron chi connectivity index (χ2n) is 4.62. The first-order valence-corrected chi connectivity index (χ1v) is 7.58. The topological polar surface area (TPSA) is 12.9 Å². The number of aryl methyl sites for hydroxylation is 1. The van der Waals surface area contributed by atoms with Crippen molar-refractivity contribution in [1.82, 2.24) is 4.98 Å². The van der Waals surface area contributed by atoms with Crippen LogP contribution in [0.25, 0.3) is 0 Å². The van der Waals surface area contributed by atoms with Gasteiger partial charge in [0.1, 0.15) is 0 Å². The van der Waals surface area contributed by atoms with Crippen molar-refractivity contribution >= 4 is 19.5 Å². The fourth-order valence-corrected chi connectivity index (χ4v) is 4.91. The van der Waals surface area contributed by atoms with Crippen molar-refractivity contribution in [3.8, 4) is 0 Å². The standard InChI is InChI=1S/C13H19NSe/c1-3-4-8-13(2)9-7-11-6-5-10-14-12(11)15-13/h5-6,10H,3-4,7-9H2,1-2H3. The van der Waals surface area contributed by atoms with Crippen LogP contribution in [0.1, 0.15) is 45.1 Å². The summed E-state index contributed by atoms with van der Waals surface area (Å²) < 4.78 is 1.99. The molecule has 1 nitrogen and oxygen atoms in total. The molecule has 82 valence electrons. The fourth-order valence-electron chi connectivity index (χ4n) is 2.12. The Labute approximate surface area is 98.8 Å². The molecule has 0 saturated heterocycles. The van der Waals surface area contributed by atoms with Gasteiger partial charge in [-0.3, -0.25) is 0 Å². The zero-order chi connectivity index (χ0) is 10.7. The van der Waals surface area contributed by atoms with E-state index in [2.05, 4.69) is 31.0 Å². The number of hydrogen-bond donors (Lipinski definition) is 0. The Morgan fingerprint density at radius 2 is 2.40 bits per heavy atom. The number of nitrogens with zero attached hydrogens (tertiary/aromatic N) is 1. The third-order valence-electron chi connectivity index (χ3n) is 3.18. The molecule has 0 saturated carbocycles. The average Bonchev–Trinajstić information content (AvgIpc) is 2.26. The van der Waals surface area contributed by atoms with Gasteiger partial charge in [-0.05, 0) is 0 Å². The fraction of sp³-hybridized carbons (Fsp3) is 0.615. The first kappa shape index (κ1) is 11.2. The third-order valence-corrected chi connectivity index (χ3v) is 6.24. The third kappa shape index (κ3) is 2.62. The summed E-state index contributed by atoms with van der Waals surface area (Å²) in [6.07, 6.45) is 8.64. The molecule has 1 aromatic rings. The number of aromatic nitrogens is 1. The van der Waals surface area contributed by atoms with Gasteiger partial charge in [-0.2, -0.15) is 0 Å². The zero-order valence-electron chi connectivity index (χ0n) is 9.62. The van der Waals surface area contributed by atoms with Gasteiger partial charge in [0.2, 0.25) is 0 Å². The van der Waals surface area contributed by atoms with Crippen LogP contribution in [-0.4, -0.2) is 19.9 Å². The Morgan fingerprint density at radius 1 is 1.53 bits per heavy atom. The van der Waals surface area contributed by atoms with E-state index >= 15 is 0 Å². The molecule has 2 heteroatoms. The van der Waals surface area contributed by atoms with E-state index in [-0.39, 0.29) is 0 Å². The second kappa shape index (κ2) is 4.67. The predicted octanol–water partition coefficient (Wildman–Crippen LogP) is 2.73. The van der Waals surface area contributed by atoms with Gasteiger partial charge >= 0.3 is 98.7 Å². The molecule has 0 bridgehead atoms. The van der Waals surface area contributed by atoms with E-state index in [1.807, 2.05) is 6.20 Å². The average molecular weight is 268 g/mol. The molecule has 0 fully saturated rings. The van der Waals surface area contributed by atoms with Gasteiger partial charge < -0.3 is 0 Å². The van der Waals surface area contributed by atoms with Gasteiger partial charge in [0.25, 0.3) is 0 Å². The van der Waals surface area contributed by atoms with Crippen molar-refractivity contribution in [1.29, 1.82) is 0 Å². The van der Waals surface area contributed by atoms with E-state index in [4.69, 9.17) is 0 Å². The summed E-state index contributed by atoms with van der Waals surface area (Å²) in [6.45, 7) is 4.74. The molecule has 1 atom stereocenters. The molecule has 0 aromatic carbocycles. The molecule has 0 radical (unpaired) electrons. The molecule has 15 heavy (non-hydrogen) atoms. The summed E-state index contributed by atoms with van der Waals surface area (Å²) in [4.78, 5) is 4.55. The molecule has 1 unspecified atom stereocenters. The Bertz CT molecular complexity index is 337. The molecule has 0 N–H and O–H groups in total. The Kier molecular flexibility index (Phi) is 3.48. The monoisotopic (exact) mass is 269 g/mol. The van der Waals surface area contributed by atoms with E-state index < -0.39 is 0 Å². The number of hydrogen-bond acceptors (Lipinski definition) is 1. The number of unbranched alkanes of at least 4 members (excludes halogenated alkanes) is 1. The Balaban J connectivity index is 2.10. The van der Waals surface area contributed by atoms with E-state index in [9.17, 15) is 0 Å². The van der Waals surface area contributed by atoms with E-state index in [1.54, 1.807) is 0 Å². The van der Waals surface area contributed by atoms with Crippen molar-refractivity contribution in [2.75, 3.05) is 0 Å². The summed E-state index contributed by atoms with van der Waals surface area (Å²) in [7, 11) is 0. The maximum atomic E-state index is 4.55. The molecule has 2 heterocycles. The summed E-state index contributed by atoms with van der Waals surface area (Å²) in [5.74, 6) is 0. The normalized spacial score (nSPS) is 24.9. The molecule has 2 rings (SSSR count). The quantitative estimate of drug-likeness (QED) is 0.768. The van der Waals surface area contributed by atoms with Crippen LogP contribution >= 0.6 is 0 Å². The maximum absolute atomic E-state index is 4.55. The molecule has 1 aliphatic rings. The summed E-state index contributed by atoms with van der Waals surface area (Å²) in [6, 6.07) is 4.33. The van der Waals surface area contributed by atoms with Gasteiger partial charge in [0, 0.05) is 0 Å². The van der Waals surface area contributed by atoms with E-state index in [1.165, 1.54) is 42.3 Å². The minimum atomic E-state index is 0.574. The SMILES string of the molecule is CCCCC1(C)CCc2cccnc2[Se]1. The molecule has 1 aliphatic heterocycles. The summed E-state index contributed by atoms with van der Waals surface area (Å²) >= 11 is 0.580. The van der Waals surface area contributed by atoms with Gasteiger partial charge in [-0.1, -0.05) is 0 Å². The first-order valence-electron chi connectivity index (χ1n) is 5.86. The van der Waals surface area contributed by atoms with Crippen LogP contribution in [0.5, 0.6) is 0 Å². The molecule has 0 amide bonds. The minimum absolute atomic E-state index is 0.574. The number of pyridine rings is 1. The van der Waals surface area contributed by atoms with Crippen molar-refractivity contribution in [2.45, 2.75) is 50.3 Å². The zero-order valence-corrected chi connectivity index (χ0v) is 11.3. The van der Waals surface area contributed by atoms with Gasteiger partial charge in [-0.25, -0.2) is 0 Å². The van der Waals surface area contributed by atoms with Gasteiger partial charge in [-0.15, -0.1) is 0 Å². The van der Waals surface area contributed by atoms with Crippen LogP contribution in [0.3, 0.4) is 0 Å². The molecular formula is C13H19NSe. The molecule has 0 aliphatic carbocycles. The van der Waals surface area contributed by atoms with Gasteiger partial charge in [0.05, 0.1) is 0 Å². The van der Waals surface area contributed by atoms with Crippen molar-refractivity contribution in [3.63, 3.8) is 0 Å². The second-order valence-corrected chi connectivity index (χ2v) is 7.93. The van der Waals surface area contributed by atoms with Crippen LogP contribution < -0.4 is 4.59 Å². The van der Waals surface area contributed by atoms with Crippen molar-refractivity contribution in [3.05, 3.63) is 23.9 Å². The summed E-state index contributed by atoms with van der Waals surface area (Å²) in [5, 5.41) is 0. The van der Waals surface area contributed by atoms with Gasteiger partial charge in [0.15, 0.2) is 0 Å². The molecule has 0 spiro atoms. The van der Waals surface area contributed by atoms with Crippen LogP contribution in [0, 0.1) is 0 Å². The van der Waals surface area contributed by atoms with E-state index in [0.717, 1.165) is 0 Å². The number of fused-ring (bicyclic) bond motifs is 1. The number of rotatable bonds is 3. The van der Waals surface area contributed by atoms with E-state index in [0.29, 0.717) is 19.3 Å².